The number of Topliss-reactive ketones (excluding diaryl/α,β-unsaturated/α-hetero) is 1. The van der Waals surface area contributed by atoms with Crippen molar-refractivity contribution in [3.8, 4) is 0 Å². The summed E-state index contributed by atoms with van der Waals surface area (Å²) in [6, 6.07) is 18.8. The molecule has 0 heterocycles. The molecule has 3 heteroatoms. The summed E-state index contributed by atoms with van der Waals surface area (Å²) in [5.41, 5.74) is 1.66. The minimum Gasteiger partial charge on any atom is -0.390 e. The van der Waals surface area contributed by atoms with Crippen molar-refractivity contribution in [2.75, 3.05) is 0 Å². The van der Waals surface area contributed by atoms with Gasteiger partial charge in [-0.25, -0.2) is 0 Å². The molecule has 0 spiro atoms. The minimum atomic E-state index is -0.837. The maximum atomic E-state index is 12.3. The van der Waals surface area contributed by atoms with E-state index in [4.69, 9.17) is 4.74 Å². The van der Waals surface area contributed by atoms with Crippen molar-refractivity contribution in [2.45, 2.75) is 32.7 Å². The average molecular weight is 298 g/mol. The normalized spacial score (nSPS) is 15.0. The van der Waals surface area contributed by atoms with Gasteiger partial charge in [-0.1, -0.05) is 67.6 Å². The van der Waals surface area contributed by atoms with Gasteiger partial charge in [-0.15, -0.1) is 0 Å². The number of rotatable bonds is 7. The molecule has 0 aromatic heterocycles. The quantitative estimate of drug-likeness (QED) is 0.796. The molecule has 1 N–H and O–H groups in total. The summed E-state index contributed by atoms with van der Waals surface area (Å²) in [5, 5.41) is 10.4. The maximum absolute atomic E-state index is 12.3. The molecule has 2 aromatic carbocycles. The van der Waals surface area contributed by atoms with E-state index in [0.717, 1.165) is 5.56 Å². The number of hydrogen-bond donors (Lipinski definition) is 1. The molecule has 0 saturated heterocycles. The summed E-state index contributed by atoms with van der Waals surface area (Å²) in [5.74, 6) is -0.573. The summed E-state index contributed by atoms with van der Waals surface area (Å²) in [6.07, 6.45) is -1.25. The molecule has 0 radical (unpaired) electrons. The Morgan fingerprint density at radius 2 is 1.55 bits per heavy atom. The Kier molecular flexibility index (Phi) is 5.87. The summed E-state index contributed by atoms with van der Waals surface area (Å²) in [4.78, 5) is 12.3. The van der Waals surface area contributed by atoms with Crippen molar-refractivity contribution in [1.82, 2.24) is 0 Å². The van der Waals surface area contributed by atoms with Crippen molar-refractivity contribution in [3.63, 3.8) is 0 Å². The molecule has 3 nitrogen and oxygen atoms in total. The summed E-state index contributed by atoms with van der Waals surface area (Å²) < 4.78 is 5.69. The number of ether oxygens (including phenoxy) is 1. The molecule has 3 atom stereocenters. The van der Waals surface area contributed by atoms with Crippen LogP contribution in [0.25, 0.3) is 0 Å². The Bertz CT molecular complexity index is 580. The SMILES string of the molecule is C[C@H](OCc1ccccc1)[C@@H](O)[C@H](C)C(=O)c1ccccc1. The fourth-order valence-corrected chi connectivity index (χ4v) is 2.33. The third kappa shape index (κ3) is 4.26. The zero-order chi connectivity index (χ0) is 15.9. The molecule has 0 saturated carbocycles. The number of aliphatic hydroxyl groups excluding tert-OH is 1. The lowest BCUT2D eigenvalue weighted by atomic mass is 9.92. The lowest BCUT2D eigenvalue weighted by Crippen LogP contribution is -2.36. The smallest absolute Gasteiger partial charge is 0.168 e. The molecule has 22 heavy (non-hydrogen) atoms. The van der Waals surface area contributed by atoms with E-state index >= 15 is 0 Å². The van der Waals surface area contributed by atoms with Gasteiger partial charge in [0.2, 0.25) is 0 Å². The zero-order valence-electron chi connectivity index (χ0n) is 13.0. The lowest BCUT2D eigenvalue weighted by Gasteiger charge is -2.24. The van der Waals surface area contributed by atoms with E-state index in [1.165, 1.54) is 0 Å². The van der Waals surface area contributed by atoms with Crippen LogP contribution in [0, 0.1) is 5.92 Å². The first-order chi connectivity index (χ1) is 10.6. The highest BCUT2D eigenvalue weighted by Crippen LogP contribution is 2.17. The van der Waals surface area contributed by atoms with Crippen LogP contribution in [-0.4, -0.2) is 23.1 Å². The van der Waals surface area contributed by atoms with E-state index in [1.54, 1.807) is 26.0 Å². The van der Waals surface area contributed by atoms with Crippen molar-refractivity contribution in [3.05, 3.63) is 71.8 Å². The second-order valence-electron chi connectivity index (χ2n) is 5.51. The summed E-state index contributed by atoms with van der Waals surface area (Å²) in [6.45, 7) is 3.95. The van der Waals surface area contributed by atoms with Gasteiger partial charge in [0.25, 0.3) is 0 Å². The molecule has 2 aromatic rings. The van der Waals surface area contributed by atoms with Crippen molar-refractivity contribution < 1.29 is 14.6 Å². The highest BCUT2D eigenvalue weighted by molar-refractivity contribution is 5.97. The average Bonchev–Trinajstić information content (AvgIpc) is 2.59. The number of aliphatic hydroxyl groups is 1. The predicted octanol–water partition coefficient (Wildman–Crippen LogP) is 3.47. The van der Waals surface area contributed by atoms with Gasteiger partial charge < -0.3 is 9.84 Å². The Balaban J connectivity index is 1.92. The molecular weight excluding hydrogens is 276 g/mol. The van der Waals surface area contributed by atoms with E-state index in [9.17, 15) is 9.90 Å². The third-order valence-corrected chi connectivity index (χ3v) is 3.82. The van der Waals surface area contributed by atoms with Crippen LogP contribution in [0.2, 0.25) is 0 Å². The first-order valence-electron chi connectivity index (χ1n) is 7.52. The van der Waals surface area contributed by atoms with E-state index in [0.29, 0.717) is 12.2 Å². The van der Waals surface area contributed by atoms with E-state index in [2.05, 4.69) is 0 Å². The standard InChI is InChI=1S/C19H22O3/c1-14(19(21)17-11-7-4-8-12-17)18(20)15(2)22-13-16-9-5-3-6-10-16/h3-12,14-15,18,20H,13H2,1-2H3/t14-,15-,18-/m0/s1. The van der Waals surface area contributed by atoms with Gasteiger partial charge in [0.05, 0.1) is 18.8 Å². The van der Waals surface area contributed by atoms with E-state index in [-0.39, 0.29) is 5.78 Å². The van der Waals surface area contributed by atoms with Gasteiger partial charge in [0, 0.05) is 11.5 Å². The molecule has 0 aliphatic heterocycles. The highest BCUT2D eigenvalue weighted by Gasteiger charge is 2.28. The van der Waals surface area contributed by atoms with Crippen LogP contribution < -0.4 is 0 Å². The second kappa shape index (κ2) is 7.87. The second-order valence-corrected chi connectivity index (χ2v) is 5.51. The van der Waals surface area contributed by atoms with Crippen LogP contribution >= 0.6 is 0 Å². The Labute approximate surface area is 131 Å². The van der Waals surface area contributed by atoms with Gasteiger partial charge in [-0.3, -0.25) is 4.79 Å². The highest BCUT2D eigenvalue weighted by atomic mass is 16.5. The number of carbonyl (C=O) groups excluding carboxylic acids is 1. The molecule has 116 valence electrons. The van der Waals surface area contributed by atoms with Crippen LogP contribution in [0.3, 0.4) is 0 Å². The Morgan fingerprint density at radius 1 is 1.00 bits per heavy atom. The molecular formula is C19H22O3. The Morgan fingerprint density at radius 3 is 2.14 bits per heavy atom. The van der Waals surface area contributed by atoms with Crippen molar-refractivity contribution in [1.29, 1.82) is 0 Å². The first kappa shape index (κ1) is 16.4. The van der Waals surface area contributed by atoms with Crippen LogP contribution in [0.5, 0.6) is 0 Å². The third-order valence-electron chi connectivity index (χ3n) is 3.82. The van der Waals surface area contributed by atoms with Gasteiger partial charge in [0.1, 0.15) is 0 Å². The topological polar surface area (TPSA) is 46.5 Å². The Hall–Kier alpha value is -1.97. The van der Waals surface area contributed by atoms with Gasteiger partial charge >= 0.3 is 0 Å². The zero-order valence-corrected chi connectivity index (χ0v) is 13.0. The number of ketones is 1. The summed E-state index contributed by atoms with van der Waals surface area (Å²) >= 11 is 0. The van der Waals surface area contributed by atoms with E-state index in [1.807, 2.05) is 48.5 Å². The monoisotopic (exact) mass is 298 g/mol. The molecule has 0 aliphatic rings. The van der Waals surface area contributed by atoms with Gasteiger partial charge in [0.15, 0.2) is 5.78 Å². The molecule has 0 aliphatic carbocycles. The molecule has 0 amide bonds. The predicted molar refractivity (Wildman–Crippen MR) is 86.6 cm³/mol. The molecule has 0 unspecified atom stereocenters. The number of benzene rings is 2. The lowest BCUT2D eigenvalue weighted by molar-refractivity contribution is -0.0510. The fraction of sp³-hybridized carbons (Fsp3) is 0.316. The largest absolute Gasteiger partial charge is 0.390 e. The summed E-state index contributed by atoms with van der Waals surface area (Å²) in [7, 11) is 0. The minimum absolute atomic E-state index is 0.0664. The van der Waals surface area contributed by atoms with Crippen molar-refractivity contribution in [2.24, 2.45) is 5.92 Å². The van der Waals surface area contributed by atoms with Crippen molar-refractivity contribution >= 4 is 5.78 Å². The molecule has 2 rings (SSSR count). The molecule has 0 bridgehead atoms. The molecule has 0 fully saturated rings. The fourth-order valence-electron chi connectivity index (χ4n) is 2.33. The van der Waals surface area contributed by atoms with Crippen LogP contribution in [0.1, 0.15) is 29.8 Å². The van der Waals surface area contributed by atoms with E-state index < -0.39 is 18.1 Å². The maximum Gasteiger partial charge on any atom is 0.168 e. The van der Waals surface area contributed by atoms with Gasteiger partial charge in [-0.2, -0.15) is 0 Å². The van der Waals surface area contributed by atoms with Crippen LogP contribution in [0.15, 0.2) is 60.7 Å². The van der Waals surface area contributed by atoms with Crippen LogP contribution in [0.4, 0.5) is 0 Å². The van der Waals surface area contributed by atoms with Crippen LogP contribution in [-0.2, 0) is 11.3 Å². The van der Waals surface area contributed by atoms with Gasteiger partial charge in [-0.05, 0) is 12.5 Å². The number of carbonyl (C=O) groups is 1. The number of hydrogen-bond acceptors (Lipinski definition) is 3. The first-order valence-corrected chi connectivity index (χ1v) is 7.52.